The second-order valence-corrected chi connectivity index (χ2v) is 7.25. The van der Waals surface area contributed by atoms with Gasteiger partial charge in [0.1, 0.15) is 5.82 Å². The summed E-state index contributed by atoms with van der Waals surface area (Å²) in [4.78, 5) is 20.5. The molecule has 2 saturated heterocycles. The number of methoxy groups -OCH3 is 1. The smallest absolute Gasteiger partial charge is 0.319 e. The van der Waals surface area contributed by atoms with E-state index in [9.17, 15) is 4.79 Å². The first kappa shape index (κ1) is 18.1. The highest BCUT2D eigenvalue weighted by molar-refractivity contribution is 5.71. The summed E-state index contributed by atoms with van der Waals surface area (Å²) in [6, 6.07) is 5.43. The van der Waals surface area contributed by atoms with Crippen molar-refractivity contribution in [3.05, 3.63) is 23.9 Å². The summed E-state index contributed by atoms with van der Waals surface area (Å²) in [7, 11) is 1.45. The summed E-state index contributed by atoms with van der Waals surface area (Å²) in [6.07, 6.45) is 6.49. The number of pyridine rings is 1. The minimum atomic E-state index is -0.136. The number of carbonyl (C=O) groups excluding carboxylic acids is 1. The van der Waals surface area contributed by atoms with Gasteiger partial charge in [-0.05, 0) is 44.2 Å². The second kappa shape index (κ2) is 8.63. The van der Waals surface area contributed by atoms with E-state index >= 15 is 0 Å². The molecule has 0 atom stereocenters. The number of hydrogen-bond acceptors (Lipinski definition) is 6. The second-order valence-electron chi connectivity index (χ2n) is 7.25. The van der Waals surface area contributed by atoms with Crippen LogP contribution in [0.2, 0.25) is 0 Å². The van der Waals surface area contributed by atoms with Crippen LogP contribution in [-0.2, 0) is 9.53 Å². The van der Waals surface area contributed by atoms with Crippen molar-refractivity contribution >= 4 is 11.8 Å². The van der Waals surface area contributed by atoms with Crippen LogP contribution in [0.3, 0.4) is 0 Å². The molecule has 0 spiro atoms. The van der Waals surface area contributed by atoms with Gasteiger partial charge in [-0.3, -0.25) is 9.69 Å². The van der Waals surface area contributed by atoms with E-state index in [4.69, 9.17) is 4.74 Å². The van der Waals surface area contributed by atoms with Gasteiger partial charge >= 0.3 is 5.97 Å². The van der Waals surface area contributed by atoms with Crippen molar-refractivity contribution < 1.29 is 9.53 Å². The maximum absolute atomic E-state index is 11.4. The first-order valence-corrected chi connectivity index (χ1v) is 9.37. The highest BCUT2D eigenvalue weighted by Gasteiger charge is 2.25. The minimum absolute atomic E-state index is 0.136. The normalized spacial score (nSPS) is 20.6. The van der Waals surface area contributed by atoms with Crippen LogP contribution in [0, 0.1) is 6.92 Å². The molecule has 0 aromatic carbocycles. The Balaban J connectivity index is 1.38. The number of carbonyl (C=O) groups is 1. The largest absolute Gasteiger partial charge is 0.468 e. The molecule has 0 unspecified atom stereocenters. The van der Waals surface area contributed by atoms with Crippen molar-refractivity contribution in [2.45, 2.75) is 44.7 Å². The monoisotopic (exact) mass is 346 g/mol. The third-order valence-electron chi connectivity index (χ3n) is 5.35. The van der Waals surface area contributed by atoms with Gasteiger partial charge < -0.3 is 15.0 Å². The molecule has 2 aliphatic heterocycles. The van der Waals surface area contributed by atoms with Gasteiger partial charge in [0.15, 0.2) is 0 Å². The zero-order valence-corrected chi connectivity index (χ0v) is 15.4. The zero-order valence-electron chi connectivity index (χ0n) is 15.4. The zero-order chi connectivity index (χ0) is 17.6. The third kappa shape index (κ3) is 5.16. The van der Waals surface area contributed by atoms with Crippen LogP contribution in [-0.4, -0.2) is 67.8 Å². The first-order valence-electron chi connectivity index (χ1n) is 9.37. The Kier molecular flexibility index (Phi) is 6.26. The lowest BCUT2D eigenvalue weighted by atomic mass is 9.99. The van der Waals surface area contributed by atoms with Crippen LogP contribution in [0.5, 0.6) is 0 Å². The molecule has 138 valence electrons. The molecule has 0 aliphatic carbocycles. The fourth-order valence-electron chi connectivity index (χ4n) is 3.76. The molecule has 25 heavy (non-hydrogen) atoms. The lowest BCUT2D eigenvalue weighted by molar-refractivity contribution is -0.142. The number of anilines is 1. The predicted octanol–water partition coefficient (Wildman–Crippen LogP) is 1.59. The number of nitrogens with zero attached hydrogens (tertiary/aromatic N) is 3. The summed E-state index contributed by atoms with van der Waals surface area (Å²) in [5, 5.41) is 3.84. The number of nitrogens with one attached hydrogen (secondary N) is 1. The van der Waals surface area contributed by atoms with E-state index in [1.54, 1.807) is 0 Å². The average Bonchev–Trinajstić information content (AvgIpc) is 2.64. The van der Waals surface area contributed by atoms with Gasteiger partial charge in [0.2, 0.25) is 0 Å². The van der Waals surface area contributed by atoms with Gasteiger partial charge in [-0.1, -0.05) is 6.07 Å². The van der Waals surface area contributed by atoms with E-state index in [0.29, 0.717) is 18.6 Å². The number of rotatable bonds is 5. The van der Waals surface area contributed by atoms with Crippen LogP contribution < -0.4 is 10.2 Å². The van der Waals surface area contributed by atoms with Gasteiger partial charge in [-0.25, -0.2) is 4.98 Å². The molecule has 0 radical (unpaired) electrons. The van der Waals surface area contributed by atoms with Crippen molar-refractivity contribution in [1.82, 2.24) is 15.2 Å². The summed E-state index contributed by atoms with van der Waals surface area (Å²) in [5.74, 6) is 0.962. The molecule has 1 aromatic heterocycles. The lowest BCUT2D eigenvalue weighted by Gasteiger charge is -2.38. The van der Waals surface area contributed by atoms with Crippen molar-refractivity contribution in [3.63, 3.8) is 0 Å². The molecule has 3 rings (SSSR count). The highest BCUT2D eigenvalue weighted by Crippen LogP contribution is 2.20. The summed E-state index contributed by atoms with van der Waals surface area (Å²) < 4.78 is 4.75. The number of aromatic nitrogens is 1. The number of likely N-dealkylation sites (tertiary alicyclic amines) is 1. The maximum atomic E-state index is 11.4. The van der Waals surface area contributed by atoms with Gasteiger partial charge in [0.25, 0.3) is 0 Å². The molecule has 1 N–H and O–H groups in total. The summed E-state index contributed by atoms with van der Waals surface area (Å²) in [5.41, 5.74) is 1.21. The van der Waals surface area contributed by atoms with E-state index < -0.39 is 0 Å². The number of hydrogen-bond donors (Lipinski definition) is 1. The SMILES string of the molecule is COC(=O)CN1CCC(NC2CCN(c3ccc(C)cn3)CC2)CC1. The van der Waals surface area contributed by atoms with Gasteiger partial charge in [-0.15, -0.1) is 0 Å². The Hall–Kier alpha value is -1.66. The van der Waals surface area contributed by atoms with Crippen LogP contribution in [0.15, 0.2) is 18.3 Å². The molecule has 3 heterocycles. The van der Waals surface area contributed by atoms with Crippen LogP contribution >= 0.6 is 0 Å². The Morgan fingerprint density at radius 2 is 1.80 bits per heavy atom. The highest BCUT2D eigenvalue weighted by atomic mass is 16.5. The molecular weight excluding hydrogens is 316 g/mol. The Morgan fingerprint density at radius 1 is 1.16 bits per heavy atom. The van der Waals surface area contributed by atoms with Gasteiger partial charge in [0, 0.05) is 44.5 Å². The average molecular weight is 346 g/mol. The maximum Gasteiger partial charge on any atom is 0.319 e. The fourth-order valence-corrected chi connectivity index (χ4v) is 3.76. The number of esters is 1. The predicted molar refractivity (Wildman–Crippen MR) is 98.8 cm³/mol. The molecule has 6 heteroatoms. The van der Waals surface area contributed by atoms with Crippen molar-refractivity contribution in [2.75, 3.05) is 44.7 Å². The van der Waals surface area contributed by atoms with E-state index in [-0.39, 0.29) is 5.97 Å². The van der Waals surface area contributed by atoms with Crippen molar-refractivity contribution in [2.24, 2.45) is 0 Å². The van der Waals surface area contributed by atoms with Crippen LogP contribution in [0.4, 0.5) is 5.82 Å². The molecule has 0 saturated carbocycles. The lowest BCUT2D eigenvalue weighted by Crippen LogP contribution is -2.50. The molecule has 0 amide bonds. The van der Waals surface area contributed by atoms with Crippen molar-refractivity contribution in [1.29, 1.82) is 0 Å². The van der Waals surface area contributed by atoms with Gasteiger partial charge in [0.05, 0.1) is 13.7 Å². The van der Waals surface area contributed by atoms with E-state index in [2.05, 4.69) is 39.2 Å². The molecule has 1 aromatic rings. The molecule has 0 bridgehead atoms. The number of piperidine rings is 2. The van der Waals surface area contributed by atoms with E-state index in [1.165, 1.54) is 12.7 Å². The van der Waals surface area contributed by atoms with Gasteiger partial charge in [-0.2, -0.15) is 0 Å². The molecular formula is C19H30N4O2. The summed E-state index contributed by atoms with van der Waals surface area (Å²) in [6.45, 7) is 6.57. The Labute approximate surface area is 150 Å². The minimum Gasteiger partial charge on any atom is -0.468 e. The van der Waals surface area contributed by atoms with Crippen molar-refractivity contribution in [3.8, 4) is 0 Å². The number of aryl methyl sites for hydroxylation is 1. The van der Waals surface area contributed by atoms with Crippen LogP contribution in [0.25, 0.3) is 0 Å². The van der Waals surface area contributed by atoms with E-state index in [1.807, 2.05) is 6.20 Å². The van der Waals surface area contributed by atoms with Crippen LogP contribution in [0.1, 0.15) is 31.2 Å². The van der Waals surface area contributed by atoms with E-state index in [0.717, 1.165) is 57.7 Å². The first-order chi connectivity index (χ1) is 12.1. The topological polar surface area (TPSA) is 57.7 Å². The standard InChI is InChI=1S/C19H30N4O2/c1-15-3-4-18(20-13-15)23-11-7-17(8-12-23)21-16-5-9-22(10-6-16)14-19(24)25-2/h3-4,13,16-17,21H,5-12,14H2,1-2H3. The summed E-state index contributed by atoms with van der Waals surface area (Å²) >= 11 is 0. The number of ether oxygens (including phenoxy) is 1. The third-order valence-corrected chi connectivity index (χ3v) is 5.35. The Bertz CT molecular complexity index is 547. The molecule has 2 fully saturated rings. The fraction of sp³-hybridized carbons (Fsp3) is 0.684. The quantitative estimate of drug-likeness (QED) is 0.817. The molecule has 2 aliphatic rings. The Morgan fingerprint density at radius 3 is 2.36 bits per heavy atom. The molecule has 6 nitrogen and oxygen atoms in total.